The van der Waals surface area contributed by atoms with Crippen LogP contribution in [-0.4, -0.2) is 122 Å². The van der Waals surface area contributed by atoms with E-state index in [0.717, 1.165) is 6.92 Å². The lowest BCUT2D eigenvalue weighted by molar-refractivity contribution is -0.143. The highest BCUT2D eigenvalue weighted by Crippen LogP contribution is 2.37. The fourth-order valence-electron chi connectivity index (χ4n) is 6.18. The number of phosphoric ester groups is 1. The second-order valence-electron chi connectivity index (χ2n) is 14.7. The Hall–Kier alpha value is -4.72. The first-order valence-electron chi connectivity index (χ1n) is 18.7. The van der Waals surface area contributed by atoms with Crippen molar-refractivity contribution in [2.45, 2.75) is 109 Å². The van der Waals surface area contributed by atoms with Crippen LogP contribution in [0, 0.1) is 11.8 Å². The molecule has 0 radical (unpaired) electrons. The molecule has 1 aliphatic rings. The van der Waals surface area contributed by atoms with E-state index in [1.54, 1.807) is 13.8 Å². The average molecular weight is 858 g/mol. The zero-order valence-corrected chi connectivity index (χ0v) is 35.1. The van der Waals surface area contributed by atoms with Crippen LogP contribution >= 0.6 is 19.6 Å². The van der Waals surface area contributed by atoms with Crippen molar-refractivity contribution in [3.05, 3.63) is 29.8 Å². The van der Waals surface area contributed by atoms with E-state index >= 15 is 0 Å². The lowest BCUT2D eigenvalue weighted by Gasteiger charge is -2.32. The summed E-state index contributed by atoms with van der Waals surface area (Å²) in [4.78, 5) is 123. The van der Waals surface area contributed by atoms with E-state index in [-0.39, 0.29) is 37.5 Å². The highest BCUT2D eigenvalue weighted by molar-refractivity contribution is 7.98. The van der Waals surface area contributed by atoms with E-state index < -0.39 is 104 Å². The Balaban J connectivity index is 2.37. The monoisotopic (exact) mass is 857 g/mol. The average Bonchev–Trinajstić information content (AvgIpc) is 3.61. The summed E-state index contributed by atoms with van der Waals surface area (Å²) in [6.07, 6.45) is 1.93. The minimum Gasteiger partial charge on any atom is -0.481 e. The second-order valence-corrected chi connectivity index (χ2v) is 16.8. The summed E-state index contributed by atoms with van der Waals surface area (Å²) in [6, 6.07) is -2.15. The molecule has 22 heteroatoms. The van der Waals surface area contributed by atoms with Crippen LogP contribution in [-0.2, 0) is 49.3 Å². The zero-order chi connectivity index (χ0) is 43.9. The molecular formula is C36H56N7O13PS. The number of nitrogens with two attached hydrogens (primary N) is 1. The molecule has 0 aromatic heterocycles. The van der Waals surface area contributed by atoms with E-state index in [9.17, 15) is 48.0 Å². The van der Waals surface area contributed by atoms with Gasteiger partial charge in [0.15, 0.2) is 0 Å². The van der Waals surface area contributed by atoms with Gasteiger partial charge in [0.05, 0.1) is 6.42 Å². The number of carbonyl (C=O) groups excluding carboxylic acids is 7. The minimum absolute atomic E-state index is 0.0399. The number of hydrogen-bond acceptors (Lipinski definition) is 11. The molecule has 1 aromatic rings. The molecule has 0 spiro atoms. The van der Waals surface area contributed by atoms with Gasteiger partial charge in [-0.2, -0.15) is 11.8 Å². The third kappa shape index (κ3) is 16.6. The maximum atomic E-state index is 14.2. The Kier molecular flexibility index (Phi) is 19.6. The number of carbonyl (C=O) groups is 8. The highest BCUT2D eigenvalue weighted by Gasteiger charge is 2.41. The van der Waals surface area contributed by atoms with Gasteiger partial charge in [-0.05, 0) is 67.2 Å². The number of carboxylic acids is 1. The first kappa shape index (κ1) is 49.4. The van der Waals surface area contributed by atoms with Crippen LogP contribution in [0.5, 0.6) is 5.75 Å². The number of primary amides is 1. The number of carboxylic acid groups (broad SMARTS) is 1. The number of aliphatic carboxylic acids is 1. The maximum Gasteiger partial charge on any atom is 0.524 e. The van der Waals surface area contributed by atoms with Crippen molar-refractivity contribution in [3.63, 3.8) is 0 Å². The molecule has 58 heavy (non-hydrogen) atoms. The Morgan fingerprint density at radius 2 is 1.47 bits per heavy atom. The van der Waals surface area contributed by atoms with Gasteiger partial charge in [-0.1, -0.05) is 39.8 Å². The number of nitrogens with one attached hydrogen (secondary N) is 5. The van der Waals surface area contributed by atoms with Gasteiger partial charge in [-0.25, -0.2) is 4.57 Å². The molecule has 0 bridgehead atoms. The normalized spacial score (nSPS) is 16.7. The smallest absolute Gasteiger partial charge is 0.481 e. The van der Waals surface area contributed by atoms with Crippen molar-refractivity contribution >= 4 is 66.9 Å². The Morgan fingerprint density at radius 1 is 0.879 bits per heavy atom. The number of nitrogens with zero attached hydrogens (tertiary/aromatic N) is 1. The zero-order valence-electron chi connectivity index (χ0n) is 33.4. The summed E-state index contributed by atoms with van der Waals surface area (Å²) >= 11 is 1.44. The van der Waals surface area contributed by atoms with Gasteiger partial charge in [0.2, 0.25) is 41.4 Å². The Labute approximate surface area is 341 Å². The predicted molar refractivity (Wildman–Crippen MR) is 212 cm³/mol. The van der Waals surface area contributed by atoms with Crippen molar-refractivity contribution in [3.8, 4) is 5.75 Å². The molecule has 2 rings (SSSR count). The second kappa shape index (κ2) is 23.0. The molecule has 1 aliphatic heterocycles. The van der Waals surface area contributed by atoms with Crippen LogP contribution in [0.3, 0.4) is 0 Å². The topological polar surface area (TPSA) is 313 Å². The molecule has 1 aromatic carbocycles. The van der Waals surface area contributed by atoms with Gasteiger partial charge in [0.1, 0.15) is 42.0 Å². The third-order valence-electron chi connectivity index (χ3n) is 8.97. The van der Waals surface area contributed by atoms with E-state index in [4.69, 9.17) is 15.5 Å². The van der Waals surface area contributed by atoms with E-state index in [0.29, 0.717) is 24.2 Å². The van der Waals surface area contributed by atoms with E-state index in [2.05, 4.69) is 31.1 Å². The van der Waals surface area contributed by atoms with Crippen molar-refractivity contribution in [2.75, 3.05) is 18.6 Å². The quantitative estimate of drug-likeness (QED) is 0.0630. The van der Waals surface area contributed by atoms with Gasteiger partial charge in [0, 0.05) is 19.9 Å². The van der Waals surface area contributed by atoms with Crippen LogP contribution in [0.4, 0.5) is 0 Å². The molecule has 1 heterocycles. The van der Waals surface area contributed by atoms with Crippen molar-refractivity contribution in [2.24, 2.45) is 17.6 Å². The predicted octanol–water partition coefficient (Wildman–Crippen LogP) is -0.449. The number of phosphoric acid groups is 1. The van der Waals surface area contributed by atoms with Crippen LogP contribution in [0.1, 0.15) is 72.3 Å². The lowest BCUT2D eigenvalue weighted by atomic mass is 9.99. The number of likely N-dealkylation sites (tertiary alicyclic amines) is 1. The standard InChI is InChI=1S/C36H56N7O13PS/c1-19(2)16-25(31(37)47)40-32(48)24(13-15-58-6)39-35(51)28-8-7-14-43(28)36(52)30(20(3)4)42-34(50)26(41-33(49)27(18-29(45)46)38-21(5)44)17-22-9-11-23(12-10-22)56-57(53,54)55/h9-12,19-20,24-28,30H,7-8,13-18H2,1-6H3,(H2,37,47)(H,38,44)(H,39,51)(H,40,48)(H,41,49)(H,42,50)(H,45,46)(H2,53,54,55)/t24-,25-,26-,27-,28-,30-/m0/s1. The summed E-state index contributed by atoms with van der Waals surface area (Å²) in [5.41, 5.74) is 5.87. The number of thioether (sulfide) groups is 1. The molecule has 0 aliphatic carbocycles. The molecule has 324 valence electrons. The fraction of sp³-hybridized carbons (Fsp3) is 0.611. The van der Waals surface area contributed by atoms with Gasteiger partial charge in [0.25, 0.3) is 0 Å². The number of hydrogen-bond donors (Lipinski definition) is 9. The Bertz CT molecular complexity index is 1680. The molecule has 7 amide bonds. The largest absolute Gasteiger partial charge is 0.524 e. The number of amides is 7. The van der Waals surface area contributed by atoms with E-state index in [1.165, 1.54) is 40.9 Å². The van der Waals surface area contributed by atoms with Crippen LogP contribution in [0.25, 0.3) is 0 Å². The van der Waals surface area contributed by atoms with Gasteiger partial charge < -0.3 is 46.8 Å². The van der Waals surface area contributed by atoms with Gasteiger partial charge in [-0.15, -0.1) is 0 Å². The third-order valence-corrected chi connectivity index (χ3v) is 10.1. The molecule has 0 saturated carbocycles. The van der Waals surface area contributed by atoms with Crippen molar-refractivity contribution < 1.29 is 62.3 Å². The molecule has 10 N–H and O–H groups in total. The van der Waals surface area contributed by atoms with Crippen LogP contribution < -0.4 is 36.8 Å². The molecule has 1 saturated heterocycles. The van der Waals surface area contributed by atoms with Gasteiger partial charge in [-0.3, -0.25) is 48.1 Å². The van der Waals surface area contributed by atoms with E-state index in [1.807, 2.05) is 20.1 Å². The SMILES string of the molecule is CSCC[C@H](NC(=O)[C@@H]1CCCN1C(=O)[C@@H](NC(=O)[C@H](Cc1ccc(OP(=O)(O)O)cc1)NC(=O)[C@H](CC(=O)O)NC(C)=O)C(C)C)C(=O)N[C@@H](CC(C)C)C(N)=O. The van der Waals surface area contributed by atoms with Crippen molar-refractivity contribution in [1.82, 2.24) is 31.5 Å². The van der Waals surface area contributed by atoms with Crippen LogP contribution in [0.2, 0.25) is 0 Å². The summed E-state index contributed by atoms with van der Waals surface area (Å²) < 4.78 is 15.8. The lowest BCUT2D eigenvalue weighted by Crippen LogP contribution is -2.60. The molecule has 6 atom stereocenters. The maximum absolute atomic E-state index is 14.2. The molecule has 20 nitrogen and oxygen atoms in total. The molecule has 0 unspecified atom stereocenters. The highest BCUT2D eigenvalue weighted by atomic mass is 32.2. The van der Waals surface area contributed by atoms with Crippen LogP contribution in [0.15, 0.2) is 24.3 Å². The Morgan fingerprint density at radius 3 is 1.98 bits per heavy atom. The number of benzene rings is 1. The molecule has 1 fully saturated rings. The minimum atomic E-state index is -4.88. The number of rotatable bonds is 23. The summed E-state index contributed by atoms with van der Waals surface area (Å²) in [5, 5.41) is 22.1. The first-order valence-corrected chi connectivity index (χ1v) is 21.6. The van der Waals surface area contributed by atoms with Crippen molar-refractivity contribution in [1.29, 1.82) is 0 Å². The summed E-state index contributed by atoms with van der Waals surface area (Å²) in [6.45, 7) is 8.25. The first-order chi connectivity index (χ1) is 27.0. The van der Waals surface area contributed by atoms with Gasteiger partial charge >= 0.3 is 13.8 Å². The summed E-state index contributed by atoms with van der Waals surface area (Å²) in [5.74, 6) is -6.81. The molecular weight excluding hydrogens is 801 g/mol. The fourth-order valence-corrected chi connectivity index (χ4v) is 7.05. The summed E-state index contributed by atoms with van der Waals surface area (Å²) in [7, 11) is -4.88.